The zero-order chi connectivity index (χ0) is 24.8. The van der Waals surface area contributed by atoms with Gasteiger partial charge in [-0.25, -0.2) is 0 Å². The lowest BCUT2D eigenvalue weighted by atomic mass is 9.87. The van der Waals surface area contributed by atoms with Gasteiger partial charge in [0, 0.05) is 6.04 Å². The molecule has 2 aromatic rings. The summed E-state index contributed by atoms with van der Waals surface area (Å²) in [4.78, 5) is 24.6. The van der Waals surface area contributed by atoms with E-state index in [0.717, 1.165) is 30.5 Å². The van der Waals surface area contributed by atoms with Gasteiger partial charge >= 0.3 is 5.97 Å². The SMILES string of the molecule is COc1cccc(OC)c1-c1cc(C(=O)N[C@H](CC(=O)O)CC(C)C)nn1C1CCCC(C)C1. The molecule has 3 rings (SSSR count). The fraction of sp³-hybridized carbons (Fsp3) is 0.577. The van der Waals surface area contributed by atoms with E-state index < -0.39 is 12.0 Å². The van der Waals surface area contributed by atoms with Gasteiger partial charge in [0.2, 0.25) is 0 Å². The summed E-state index contributed by atoms with van der Waals surface area (Å²) in [6.45, 7) is 6.26. The van der Waals surface area contributed by atoms with Gasteiger partial charge in [0.25, 0.3) is 5.91 Å². The lowest BCUT2D eigenvalue weighted by Crippen LogP contribution is -2.37. The molecule has 2 unspecified atom stereocenters. The first-order chi connectivity index (χ1) is 16.2. The molecular formula is C26H37N3O5. The van der Waals surface area contributed by atoms with Crippen molar-refractivity contribution in [1.82, 2.24) is 15.1 Å². The maximum absolute atomic E-state index is 13.2. The van der Waals surface area contributed by atoms with Crippen LogP contribution in [0.4, 0.5) is 0 Å². The number of aliphatic carboxylic acids is 1. The second-order valence-corrected chi connectivity index (χ2v) is 9.72. The molecule has 0 aliphatic heterocycles. The molecule has 34 heavy (non-hydrogen) atoms. The highest BCUT2D eigenvalue weighted by Crippen LogP contribution is 2.42. The fourth-order valence-electron chi connectivity index (χ4n) is 4.93. The molecular weight excluding hydrogens is 434 g/mol. The first-order valence-corrected chi connectivity index (χ1v) is 12.1. The van der Waals surface area contributed by atoms with Gasteiger partial charge in [-0.3, -0.25) is 14.3 Å². The zero-order valence-electron chi connectivity index (χ0n) is 20.8. The van der Waals surface area contributed by atoms with Crippen LogP contribution in [0.25, 0.3) is 11.3 Å². The molecule has 1 heterocycles. The molecule has 1 aromatic heterocycles. The Morgan fingerprint density at radius 3 is 2.44 bits per heavy atom. The summed E-state index contributed by atoms with van der Waals surface area (Å²) in [5, 5.41) is 16.9. The van der Waals surface area contributed by atoms with E-state index in [0.29, 0.717) is 23.8 Å². The number of hydrogen-bond donors (Lipinski definition) is 2. The minimum atomic E-state index is -0.938. The first-order valence-electron chi connectivity index (χ1n) is 12.1. The molecule has 0 radical (unpaired) electrons. The molecule has 0 bridgehead atoms. The Morgan fingerprint density at radius 1 is 1.21 bits per heavy atom. The van der Waals surface area contributed by atoms with E-state index in [1.807, 2.05) is 36.7 Å². The maximum atomic E-state index is 13.2. The Labute approximate surface area is 201 Å². The van der Waals surface area contributed by atoms with Crippen LogP contribution in [0.3, 0.4) is 0 Å². The number of nitrogens with zero attached hydrogens (tertiary/aromatic N) is 2. The molecule has 1 fully saturated rings. The minimum Gasteiger partial charge on any atom is -0.496 e. The number of nitrogens with one attached hydrogen (secondary N) is 1. The second kappa shape index (κ2) is 11.4. The number of hydrogen-bond acceptors (Lipinski definition) is 5. The summed E-state index contributed by atoms with van der Waals surface area (Å²) in [5.74, 6) is 0.787. The van der Waals surface area contributed by atoms with Crippen LogP contribution in [-0.4, -0.2) is 47.0 Å². The lowest BCUT2D eigenvalue weighted by molar-refractivity contribution is -0.137. The van der Waals surface area contributed by atoms with Crippen molar-refractivity contribution in [3.63, 3.8) is 0 Å². The van der Waals surface area contributed by atoms with Crippen molar-refractivity contribution in [2.24, 2.45) is 11.8 Å². The summed E-state index contributed by atoms with van der Waals surface area (Å²) in [6.07, 6.45) is 4.69. The number of aromatic nitrogens is 2. The van der Waals surface area contributed by atoms with Crippen LogP contribution in [-0.2, 0) is 4.79 Å². The number of methoxy groups -OCH3 is 2. The van der Waals surface area contributed by atoms with Gasteiger partial charge in [-0.2, -0.15) is 5.10 Å². The monoisotopic (exact) mass is 471 g/mol. The van der Waals surface area contributed by atoms with Crippen LogP contribution in [0.15, 0.2) is 24.3 Å². The molecule has 1 saturated carbocycles. The third kappa shape index (κ3) is 6.10. The quantitative estimate of drug-likeness (QED) is 0.509. The third-order valence-corrected chi connectivity index (χ3v) is 6.42. The second-order valence-electron chi connectivity index (χ2n) is 9.72. The van der Waals surface area contributed by atoms with Gasteiger partial charge in [0.15, 0.2) is 5.69 Å². The van der Waals surface area contributed by atoms with Crippen molar-refractivity contribution < 1.29 is 24.2 Å². The maximum Gasteiger partial charge on any atom is 0.305 e. The predicted octanol–water partition coefficient (Wildman–Crippen LogP) is 4.94. The zero-order valence-corrected chi connectivity index (χ0v) is 20.8. The average molecular weight is 472 g/mol. The van der Waals surface area contributed by atoms with Gasteiger partial charge in [-0.15, -0.1) is 0 Å². The number of ether oxygens (including phenoxy) is 2. The van der Waals surface area contributed by atoms with Gasteiger partial charge in [-0.05, 0) is 49.3 Å². The normalized spacial score (nSPS) is 19.0. The first kappa shape index (κ1) is 25.6. The molecule has 1 amide bonds. The van der Waals surface area contributed by atoms with Crippen molar-refractivity contribution >= 4 is 11.9 Å². The van der Waals surface area contributed by atoms with Crippen LogP contribution < -0.4 is 14.8 Å². The average Bonchev–Trinajstić information content (AvgIpc) is 3.22. The minimum absolute atomic E-state index is 0.127. The summed E-state index contributed by atoms with van der Waals surface area (Å²) in [7, 11) is 3.22. The Morgan fingerprint density at radius 2 is 1.88 bits per heavy atom. The highest BCUT2D eigenvalue weighted by molar-refractivity contribution is 5.94. The summed E-state index contributed by atoms with van der Waals surface area (Å²) < 4.78 is 13.2. The van der Waals surface area contributed by atoms with Crippen LogP contribution in [0.2, 0.25) is 0 Å². The third-order valence-electron chi connectivity index (χ3n) is 6.42. The van der Waals surface area contributed by atoms with E-state index in [-0.39, 0.29) is 30.0 Å². The van der Waals surface area contributed by atoms with Crippen molar-refractivity contribution in [2.75, 3.05) is 14.2 Å². The smallest absolute Gasteiger partial charge is 0.305 e. The van der Waals surface area contributed by atoms with Crippen molar-refractivity contribution in [2.45, 2.75) is 71.4 Å². The molecule has 8 heteroatoms. The van der Waals surface area contributed by atoms with E-state index in [2.05, 4.69) is 12.2 Å². The molecule has 0 saturated heterocycles. The fourth-order valence-corrected chi connectivity index (χ4v) is 4.93. The lowest BCUT2D eigenvalue weighted by Gasteiger charge is -2.28. The summed E-state index contributed by atoms with van der Waals surface area (Å²) in [5.41, 5.74) is 1.78. The summed E-state index contributed by atoms with van der Waals surface area (Å²) >= 11 is 0. The van der Waals surface area contributed by atoms with E-state index in [1.165, 1.54) is 6.42 Å². The van der Waals surface area contributed by atoms with Gasteiger partial charge in [-0.1, -0.05) is 39.7 Å². The van der Waals surface area contributed by atoms with E-state index in [1.54, 1.807) is 20.3 Å². The van der Waals surface area contributed by atoms with E-state index in [9.17, 15) is 14.7 Å². The van der Waals surface area contributed by atoms with Gasteiger partial charge in [0.1, 0.15) is 11.5 Å². The number of rotatable bonds is 10. The van der Waals surface area contributed by atoms with Crippen LogP contribution >= 0.6 is 0 Å². The number of carboxylic acid groups (broad SMARTS) is 1. The van der Waals surface area contributed by atoms with Crippen LogP contribution in [0, 0.1) is 11.8 Å². The Hall–Kier alpha value is -3.03. The van der Waals surface area contributed by atoms with Crippen molar-refractivity contribution in [3.05, 3.63) is 30.0 Å². The Kier molecular flexibility index (Phi) is 8.58. The van der Waals surface area contributed by atoms with Crippen molar-refractivity contribution in [3.8, 4) is 22.8 Å². The van der Waals surface area contributed by atoms with Gasteiger partial charge < -0.3 is 19.9 Å². The topological polar surface area (TPSA) is 103 Å². The molecule has 3 atom stereocenters. The molecule has 186 valence electrons. The molecule has 1 aliphatic carbocycles. The van der Waals surface area contributed by atoms with E-state index in [4.69, 9.17) is 14.6 Å². The van der Waals surface area contributed by atoms with Crippen molar-refractivity contribution in [1.29, 1.82) is 0 Å². The molecule has 2 N–H and O–H groups in total. The Balaban J connectivity index is 2.04. The number of carboxylic acids is 1. The number of carbonyl (C=O) groups excluding carboxylic acids is 1. The highest BCUT2D eigenvalue weighted by atomic mass is 16.5. The number of amides is 1. The van der Waals surface area contributed by atoms with E-state index >= 15 is 0 Å². The Bertz CT molecular complexity index is 978. The number of carbonyl (C=O) groups is 2. The standard InChI is InChI=1S/C26H37N3O5/c1-16(2)12-18(14-24(30)31)27-26(32)20-15-21(25-22(33-4)10-7-11-23(25)34-5)29(28-20)19-9-6-8-17(3)13-19/h7,10-11,15-19H,6,8-9,12-14H2,1-5H3,(H,27,32)(H,30,31)/t17?,18-,19?/m0/s1. The van der Waals surface area contributed by atoms with Crippen LogP contribution in [0.5, 0.6) is 11.5 Å². The van der Waals surface area contributed by atoms with Crippen LogP contribution in [0.1, 0.15) is 75.8 Å². The molecule has 1 aliphatic rings. The largest absolute Gasteiger partial charge is 0.496 e. The number of benzene rings is 1. The van der Waals surface area contributed by atoms with Gasteiger partial charge in [0.05, 0.1) is 37.9 Å². The predicted molar refractivity (Wildman–Crippen MR) is 130 cm³/mol. The molecule has 0 spiro atoms. The summed E-state index contributed by atoms with van der Waals surface area (Å²) in [6, 6.07) is 7.05. The highest BCUT2D eigenvalue weighted by Gasteiger charge is 2.29. The molecule has 1 aromatic carbocycles. The molecule has 8 nitrogen and oxygen atoms in total.